The van der Waals surface area contributed by atoms with Crippen LogP contribution in [0.4, 0.5) is 0 Å². The lowest BCUT2D eigenvalue weighted by Gasteiger charge is -2.41. The minimum Gasteiger partial charge on any atom is -0.467 e. The van der Waals surface area contributed by atoms with E-state index < -0.39 is 54.3 Å². The fraction of sp³-hybridized carbons (Fsp3) is 0.725. The summed E-state index contributed by atoms with van der Waals surface area (Å²) in [5.74, 6) is -2.65. The molecule has 13 nitrogen and oxygen atoms in total. The number of thiol groups is 1. The Labute approximate surface area is 329 Å². The van der Waals surface area contributed by atoms with Crippen molar-refractivity contribution in [3.05, 3.63) is 35.9 Å². The van der Waals surface area contributed by atoms with Gasteiger partial charge >= 0.3 is 5.97 Å². The van der Waals surface area contributed by atoms with Gasteiger partial charge in [0, 0.05) is 34.2 Å². The molecule has 0 unspecified atom stereocenters. The van der Waals surface area contributed by atoms with Gasteiger partial charge in [-0.25, -0.2) is 9.10 Å². The molecule has 9 atom stereocenters. The van der Waals surface area contributed by atoms with Gasteiger partial charge in [-0.15, -0.1) is 0 Å². The molecule has 0 aliphatic carbocycles. The maximum atomic E-state index is 14.2. The molecule has 306 valence electrons. The van der Waals surface area contributed by atoms with Crippen LogP contribution in [0.15, 0.2) is 30.3 Å². The Morgan fingerprint density at radius 3 is 2.04 bits per heavy atom. The van der Waals surface area contributed by atoms with Crippen molar-refractivity contribution in [3.63, 3.8) is 0 Å². The lowest BCUT2D eigenvalue weighted by Crippen LogP contribution is -2.59. The van der Waals surface area contributed by atoms with E-state index >= 15 is 0 Å². The highest BCUT2D eigenvalue weighted by Crippen LogP contribution is 2.30. The number of rotatable bonds is 21. The summed E-state index contributed by atoms with van der Waals surface area (Å²) in [6.45, 7) is 13.9. The highest BCUT2D eigenvalue weighted by molar-refractivity contribution is 7.77. The number of ether oxygens (including phenoxy) is 3. The van der Waals surface area contributed by atoms with Crippen molar-refractivity contribution in [1.82, 2.24) is 24.7 Å². The molecule has 1 aliphatic heterocycles. The van der Waals surface area contributed by atoms with Crippen molar-refractivity contribution in [2.75, 3.05) is 42.0 Å². The number of amides is 4. The Bertz CT molecular complexity index is 1360. The van der Waals surface area contributed by atoms with E-state index in [2.05, 4.69) is 23.4 Å². The van der Waals surface area contributed by atoms with Crippen LogP contribution in [0, 0.1) is 23.7 Å². The Morgan fingerprint density at radius 1 is 0.907 bits per heavy atom. The Hall–Kier alpha value is -3.20. The summed E-state index contributed by atoms with van der Waals surface area (Å²) in [4.78, 5) is 71.5. The number of esters is 1. The minimum absolute atomic E-state index is 0.00327. The van der Waals surface area contributed by atoms with Crippen molar-refractivity contribution in [1.29, 1.82) is 0 Å². The SMILES string of the molecule is CC[C@H](C)[C@@H]([C@@H](CC(=O)N1CCC[C@H]1[C@H](OC)[C@@H](C)C(=O)N[C@@H](Cc1ccccc1)C(=O)OC)OC)N(C)C(=O)[C@@H](NC(=O)[C@H](C(C)C)N(C)S)C(C)C. The third-order valence-electron chi connectivity index (χ3n) is 10.9. The normalized spacial score (nSPS) is 19.0. The number of hydrogen-bond acceptors (Lipinski definition) is 10. The summed E-state index contributed by atoms with van der Waals surface area (Å²) >= 11 is 4.39. The topological polar surface area (TPSA) is 147 Å². The van der Waals surface area contributed by atoms with E-state index in [1.165, 1.54) is 14.2 Å². The second-order valence-electron chi connectivity index (χ2n) is 15.4. The molecule has 14 heteroatoms. The second-order valence-corrected chi connectivity index (χ2v) is 16.0. The van der Waals surface area contributed by atoms with Crippen LogP contribution in [0.25, 0.3) is 0 Å². The predicted octanol–water partition coefficient (Wildman–Crippen LogP) is 3.75. The van der Waals surface area contributed by atoms with Crippen LogP contribution in [0.5, 0.6) is 0 Å². The molecular weight excluding hydrogens is 711 g/mol. The highest BCUT2D eigenvalue weighted by atomic mass is 32.1. The van der Waals surface area contributed by atoms with Gasteiger partial charge in [-0.1, -0.05) is 98.0 Å². The van der Waals surface area contributed by atoms with E-state index in [9.17, 15) is 24.0 Å². The number of methoxy groups -OCH3 is 3. The average molecular weight is 778 g/mol. The first-order valence-corrected chi connectivity index (χ1v) is 19.6. The van der Waals surface area contributed by atoms with Gasteiger partial charge in [0.05, 0.1) is 43.7 Å². The summed E-state index contributed by atoms with van der Waals surface area (Å²) in [7, 11) is 7.78. The number of carbonyl (C=O) groups excluding carboxylic acids is 5. The molecule has 0 spiro atoms. The molecule has 1 saturated heterocycles. The van der Waals surface area contributed by atoms with E-state index in [-0.39, 0.29) is 54.2 Å². The maximum absolute atomic E-state index is 14.2. The molecule has 1 heterocycles. The average Bonchev–Trinajstić information content (AvgIpc) is 3.62. The number of nitrogens with zero attached hydrogens (tertiary/aromatic N) is 3. The number of nitrogens with one attached hydrogen (secondary N) is 2. The van der Waals surface area contributed by atoms with Crippen molar-refractivity contribution >= 4 is 42.4 Å². The maximum Gasteiger partial charge on any atom is 0.328 e. The fourth-order valence-corrected chi connectivity index (χ4v) is 8.04. The molecule has 4 amide bonds. The van der Waals surface area contributed by atoms with E-state index in [1.54, 1.807) is 42.2 Å². The van der Waals surface area contributed by atoms with Crippen LogP contribution in [0.1, 0.15) is 79.7 Å². The zero-order valence-corrected chi connectivity index (χ0v) is 35.4. The first-order valence-electron chi connectivity index (χ1n) is 19.2. The highest BCUT2D eigenvalue weighted by Gasteiger charge is 2.43. The molecule has 1 aromatic carbocycles. The smallest absolute Gasteiger partial charge is 0.328 e. The van der Waals surface area contributed by atoms with E-state index in [4.69, 9.17) is 14.2 Å². The van der Waals surface area contributed by atoms with Gasteiger partial charge in [-0.3, -0.25) is 19.2 Å². The van der Waals surface area contributed by atoms with Gasteiger partial charge < -0.3 is 34.6 Å². The van der Waals surface area contributed by atoms with E-state index in [0.29, 0.717) is 13.0 Å². The molecule has 1 aliphatic rings. The third kappa shape index (κ3) is 12.4. The van der Waals surface area contributed by atoms with Gasteiger partial charge in [0.25, 0.3) is 0 Å². The molecule has 2 N–H and O–H groups in total. The molecule has 0 aromatic heterocycles. The third-order valence-corrected chi connectivity index (χ3v) is 11.1. The second kappa shape index (κ2) is 22.4. The monoisotopic (exact) mass is 777 g/mol. The quantitative estimate of drug-likeness (QED) is 0.126. The summed E-state index contributed by atoms with van der Waals surface area (Å²) in [5.41, 5.74) is 0.873. The van der Waals surface area contributed by atoms with Crippen molar-refractivity contribution in [2.45, 2.75) is 123 Å². The molecule has 54 heavy (non-hydrogen) atoms. The standard InChI is InChI=1S/C40H67N5O8S/c1-13-26(6)35(43(8)39(49)33(24(2)3)42-38(48)34(25(4)5)44(9)54)31(51-10)23-32(46)45-21-17-20-30(45)36(52-11)27(7)37(47)41-29(40(50)53-12)22-28-18-15-14-16-19-28/h14-16,18-19,24-27,29-31,33-36,54H,13,17,20-23H2,1-12H3,(H,41,47)(H,42,48)/t26-,27+,29-,30-,31+,33-,34-,35-,36+/m0/s1. The van der Waals surface area contributed by atoms with Crippen molar-refractivity contribution < 1.29 is 38.2 Å². The van der Waals surface area contributed by atoms with Crippen LogP contribution in [0.3, 0.4) is 0 Å². The summed E-state index contributed by atoms with van der Waals surface area (Å²) in [6, 6.07) is 6.26. The summed E-state index contributed by atoms with van der Waals surface area (Å²) in [5, 5.41) is 5.84. The van der Waals surface area contributed by atoms with Gasteiger partial charge in [0.15, 0.2) is 0 Å². The first-order chi connectivity index (χ1) is 25.4. The van der Waals surface area contributed by atoms with Gasteiger partial charge in [0.1, 0.15) is 18.1 Å². The Kier molecular flexibility index (Phi) is 19.5. The minimum atomic E-state index is -0.893. The van der Waals surface area contributed by atoms with Crippen molar-refractivity contribution in [2.24, 2.45) is 23.7 Å². The first kappa shape index (κ1) is 47.0. The van der Waals surface area contributed by atoms with Crippen LogP contribution >= 0.6 is 12.8 Å². The van der Waals surface area contributed by atoms with E-state index in [0.717, 1.165) is 18.4 Å². The zero-order chi connectivity index (χ0) is 40.9. The zero-order valence-electron chi connectivity index (χ0n) is 34.5. The Balaban J connectivity index is 2.29. The number of likely N-dealkylation sites (N-methyl/N-ethyl adjacent to an activating group) is 2. The van der Waals surface area contributed by atoms with Gasteiger partial charge in [-0.05, 0) is 43.2 Å². The molecule has 1 fully saturated rings. The molecule has 0 saturated carbocycles. The fourth-order valence-electron chi connectivity index (χ4n) is 7.67. The van der Waals surface area contributed by atoms with Crippen LogP contribution in [-0.2, 0) is 44.6 Å². The molecular formula is C40H67N5O8S. The molecule has 2 rings (SSSR count). The van der Waals surface area contributed by atoms with Crippen LogP contribution in [0.2, 0.25) is 0 Å². The largest absolute Gasteiger partial charge is 0.467 e. The number of hydrogen-bond donors (Lipinski definition) is 3. The van der Waals surface area contributed by atoms with Gasteiger partial charge in [0.2, 0.25) is 23.6 Å². The van der Waals surface area contributed by atoms with Crippen molar-refractivity contribution in [3.8, 4) is 0 Å². The van der Waals surface area contributed by atoms with E-state index in [1.807, 2.05) is 71.9 Å². The lowest BCUT2D eigenvalue weighted by molar-refractivity contribution is -0.149. The predicted molar refractivity (Wildman–Crippen MR) is 212 cm³/mol. The lowest BCUT2D eigenvalue weighted by atomic mass is 9.89. The number of carbonyl (C=O) groups is 5. The molecule has 1 aromatic rings. The summed E-state index contributed by atoms with van der Waals surface area (Å²) in [6.07, 6.45) is 1.03. The number of likely N-dealkylation sites (tertiary alicyclic amines) is 1. The molecule has 0 bridgehead atoms. The van der Waals surface area contributed by atoms with Crippen LogP contribution in [-0.4, -0.2) is 128 Å². The summed E-state index contributed by atoms with van der Waals surface area (Å²) < 4.78 is 18.5. The Morgan fingerprint density at radius 2 is 1.54 bits per heavy atom. The molecule has 0 radical (unpaired) electrons. The number of benzene rings is 1. The van der Waals surface area contributed by atoms with Gasteiger partial charge in [-0.2, -0.15) is 0 Å². The van der Waals surface area contributed by atoms with Crippen LogP contribution < -0.4 is 10.6 Å².